The molecule has 19 heavy (non-hydrogen) atoms. The second-order valence-electron chi connectivity index (χ2n) is 5.76. The summed E-state index contributed by atoms with van der Waals surface area (Å²) >= 11 is 0. The summed E-state index contributed by atoms with van der Waals surface area (Å²) in [5, 5.41) is 0. The number of nitrogens with two attached hydrogens (primary N) is 2. The van der Waals surface area contributed by atoms with Gasteiger partial charge in [-0.2, -0.15) is 0 Å². The van der Waals surface area contributed by atoms with Crippen LogP contribution in [0.4, 0.5) is 5.69 Å². The molecule has 4 N–H and O–H groups in total. The van der Waals surface area contributed by atoms with Gasteiger partial charge in [-0.15, -0.1) is 0 Å². The number of anilines is 1. The molecule has 1 aliphatic rings. The number of piperidine rings is 1. The molecule has 0 spiro atoms. The first-order valence-electron chi connectivity index (χ1n) is 6.88. The molecule has 0 aromatic heterocycles. The van der Waals surface area contributed by atoms with E-state index in [0.717, 1.165) is 37.0 Å². The van der Waals surface area contributed by atoms with Gasteiger partial charge in [-0.1, -0.05) is 19.9 Å². The van der Waals surface area contributed by atoms with Crippen molar-refractivity contribution >= 4 is 11.6 Å². The smallest absolute Gasteiger partial charge is 0.248 e. The first-order chi connectivity index (χ1) is 8.97. The van der Waals surface area contributed by atoms with E-state index in [1.807, 2.05) is 6.07 Å². The van der Waals surface area contributed by atoms with Gasteiger partial charge in [0.15, 0.2) is 0 Å². The van der Waals surface area contributed by atoms with Crippen LogP contribution >= 0.6 is 0 Å². The molecular formula is C15H23N3O. The third-order valence-electron chi connectivity index (χ3n) is 4.24. The fraction of sp³-hybridized carbons (Fsp3) is 0.533. The van der Waals surface area contributed by atoms with Gasteiger partial charge in [0.1, 0.15) is 0 Å². The van der Waals surface area contributed by atoms with Crippen molar-refractivity contribution in [2.45, 2.75) is 26.8 Å². The van der Waals surface area contributed by atoms with E-state index in [4.69, 9.17) is 11.5 Å². The average molecular weight is 261 g/mol. The lowest BCUT2D eigenvalue weighted by molar-refractivity contribution is 0.100. The van der Waals surface area contributed by atoms with Crippen LogP contribution in [0.3, 0.4) is 0 Å². The number of carbonyl (C=O) groups is 1. The molecule has 1 aromatic rings. The summed E-state index contributed by atoms with van der Waals surface area (Å²) in [6, 6.07) is 5.34. The van der Waals surface area contributed by atoms with Crippen LogP contribution in [-0.2, 0) is 6.54 Å². The Morgan fingerprint density at radius 3 is 2.68 bits per heavy atom. The van der Waals surface area contributed by atoms with Crippen molar-refractivity contribution in [3.63, 3.8) is 0 Å². The van der Waals surface area contributed by atoms with Crippen molar-refractivity contribution in [3.8, 4) is 0 Å². The Labute approximate surface area is 114 Å². The van der Waals surface area contributed by atoms with E-state index in [1.54, 1.807) is 12.1 Å². The molecule has 104 valence electrons. The van der Waals surface area contributed by atoms with E-state index in [2.05, 4.69) is 18.7 Å². The lowest BCUT2D eigenvalue weighted by Gasteiger charge is -2.35. The van der Waals surface area contributed by atoms with E-state index in [-0.39, 0.29) is 0 Å². The summed E-state index contributed by atoms with van der Waals surface area (Å²) in [6.07, 6.45) is 1.24. The maximum atomic E-state index is 11.1. The molecule has 0 saturated carbocycles. The fourth-order valence-corrected chi connectivity index (χ4v) is 2.63. The third-order valence-corrected chi connectivity index (χ3v) is 4.24. The maximum absolute atomic E-state index is 11.1. The van der Waals surface area contributed by atoms with Gasteiger partial charge in [0.05, 0.1) is 0 Å². The predicted octanol–water partition coefficient (Wildman–Crippen LogP) is 1.85. The SMILES string of the molecule is CC1CCN(Cc2ccc(C(N)=O)cc2N)CC1C. The summed E-state index contributed by atoms with van der Waals surface area (Å²) in [5.74, 6) is 1.09. The lowest BCUT2D eigenvalue weighted by atomic mass is 9.88. The summed E-state index contributed by atoms with van der Waals surface area (Å²) < 4.78 is 0. The quantitative estimate of drug-likeness (QED) is 0.816. The zero-order valence-electron chi connectivity index (χ0n) is 11.7. The molecule has 1 heterocycles. The Kier molecular flexibility index (Phi) is 4.10. The van der Waals surface area contributed by atoms with Crippen LogP contribution in [0.5, 0.6) is 0 Å². The molecule has 1 amide bonds. The summed E-state index contributed by atoms with van der Waals surface area (Å²) in [7, 11) is 0. The van der Waals surface area contributed by atoms with Gasteiger partial charge in [-0.25, -0.2) is 0 Å². The molecule has 4 heteroatoms. The standard InChI is InChI=1S/C15H23N3O/c1-10-5-6-18(8-11(10)2)9-13-4-3-12(15(17)19)7-14(13)16/h3-4,7,10-11H,5-6,8-9,16H2,1-2H3,(H2,17,19). The van der Waals surface area contributed by atoms with Crippen LogP contribution in [0.2, 0.25) is 0 Å². The number of nitrogens with zero attached hydrogens (tertiary/aromatic N) is 1. The minimum Gasteiger partial charge on any atom is -0.398 e. The first-order valence-corrected chi connectivity index (χ1v) is 6.88. The molecule has 2 rings (SSSR count). The monoisotopic (exact) mass is 261 g/mol. The second kappa shape index (κ2) is 5.61. The number of carbonyl (C=O) groups excluding carboxylic acids is 1. The zero-order valence-corrected chi connectivity index (χ0v) is 11.7. The number of primary amides is 1. The molecule has 1 saturated heterocycles. The zero-order chi connectivity index (χ0) is 14.0. The molecule has 0 radical (unpaired) electrons. The lowest BCUT2D eigenvalue weighted by Crippen LogP contribution is -2.38. The highest BCUT2D eigenvalue weighted by atomic mass is 16.1. The summed E-state index contributed by atoms with van der Waals surface area (Å²) in [6.45, 7) is 7.69. The number of rotatable bonds is 3. The predicted molar refractivity (Wildman–Crippen MR) is 77.6 cm³/mol. The maximum Gasteiger partial charge on any atom is 0.248 e. The minimum absolute atomic E-state index is 0.432. The Morgan fingerprint density at radius 1 is 1.37 bits per heavy atom. The normalized spacial score (nSPS) is 24.3. The van der Waals surface area contributed by atoms with Gasteiger partial charge in [0.2, 0.25) is 5.91 Å². The van der Waals surface area contributed by atoms with Gasteiger partial charge in [-0.05, 0) is 42.5 Å². The second-order valence-corrected chi connectivity index (χ2v) is 5.76. The number of hydrogen-bond donors (Lipinski definition) is 2. The third kappa shape index (κ3) is 3.26. The van der Waals surface area contributed by atoms with Gasteiger partial charge < -0.3 is 11.5 Å². The topological polar surface area (TPSA) is 72.3 Å². The van der Waals surface area contributed by atoms with Crippen molar-refractivity contribution in [1.82, 2.24) is 4.90 Å². The number of likely N-dealkylation sites (tertiary alicyclic amines) is 1. The van der Waals surface area contributed by atoms with Crippen LogP contribution in [0.15, 0.2) is 18.2 Å². The molecule has 0 aliphatic carbocycles. The largest absolute Gasteiger partial charge is 0.398 e. The van der Waals surface area contributed by atoms with Gasteiger partial charge in [0.25, 0.3) is 0 Å². The van der Waals surface area contributed by atoms with Gasteiger partial charge in [0, 0.05) is 24.3 Å². The minimum atomic E-state index is -0.432. The molecule has 0 bridgehead atoms. The van der Waals surface area contributed by atoms with Crippen LogP contribution in [0.25, 0.3) is 0 Å². The number of nitrogen functional groups attached to an aromatic ring is 1. The molecular weight excluding hydrogens is 238 g/mol. The van der Waals surface area contributed by atoms with E-state index in [0.29, 0.717) is 11.3 Å². The molecule has 1 aliphatic heterocycles. The molecule has 4 nitrogen and oxygen atoms in total. The van der Waals surface area contributed by atoms with Crippen LogP contribution < -0.4 is 11.5 Å². The highest BCUT2D eigenvalue weighted by Crippen LogP contribution is 2.25. The Balaban J connectivity index is 2.05. The van der Waals surface area contributed by atoms with Crippen molar-refractivity contribution in [2.75, 3.05) is 18.8 Å². The fourth-order valence-electron chi connectivity index (χ4n) is 2.63. The van der Waals surface area contributed by atoms with Gasteiger partial charge in [-0.3, -0.25) is 9.69 Å². The molecule has 1 fully saturated rings. The Hall–Kier alpha value is -1.55. The van der Waals surface area contributed by atoms with Gasteiger partial charge >= 0.3 is 0 Å². The first kappa shape index (κ1) is 13.9. The average Bonchev–Trinajstić information content (AvgIpc) is 2.36. The summed E-state index contributed by atoms with van der Waals surface area (Å²) in [4.78, 5) is 13.5. The number of hydrogen-bond acceptors (Lipinski definition) is 3. The van der Waals surface area contributed by atoms with E-state index < -0.39 is 5.91 Å². The molecule has 2 unspecified atom stereocenters. The van der Waals surface area contributed by atoms with E-state index in [1.165, 1.54) is 6.42 Å². The molecule has 2 atom stereocenters. The van der Waals surface area contributed by atoms with Crippen LogP contribution in [0, 0.1) is 11.8 Å². The Morgan fingerprint density at radius 2 is 2.11 bits per heavy atom. The highest BCUT2D eigenvalue weighted by molar-refractivity contribution is 5.93. The molecule has 1 aromatic carbocycles. The highest BCUT2D eigenvalue weighted by Gasteiger charge is 2.22. The van der Waals surface area contributed by atoms with Crippen molar-refractivity contribution in [1.29, 1.82) is 0 Å². The number of amides is 1. The van der Waals surface area contributed by atoms with Crippen LogP contribution in [0.1, 0.15) is 36.2 Å². The van der Waals surface area contributed by atoms with E-state index in [9.17, 15) is 4.79 Å². The number of benzene rings is 1. The van der Waals surface area contributed by atoms with Crippen LogP contribution in [-0.4, -0.2) is 23.9 Å². The van der Waals surface area contributed by atoms with E-state index >= 15 is 0 Å². The summed E-state index contributed by atoms with van der Waals surface area (Å²) in [5.41, 5.74) is 13.5. The van der Waals surface area contributed by atoms with Crippen molar-refractivity contribution in [3.05, 3.63) is 29.3 Å². The van der Waals surface area contributed by atoms with Crippen molar-refractivity contribution < 1.29 is 4.79 Å². The van der Waals surface area contributed by atoms with Crippen molar-refractivity contribution in [2.24, 2.45) is 17.6 Å². The Bertz CT molecular complexity index is 472.